The van der Waals surface area contributed by atoms with Crippen molar-refractivity contribution >= 4 is 22.6 Å². The SMILES string of the molecule is CCCc1c(OC)ccc2cc(C(=O)Nc3ccc(CNCC)cc3)c(=O)oc12. The van der Waals surface area contributed by atoms with Gasteiger partial charge in [0.15, 0.2) is 0 Å². The van der Waals surface area contributed by atoms with Crippen LogP contribution in [0, 0.1) is 0 Å². The Hall–Kier alpha value is -3.12. The van der Waals surface area contributed by atoms with Gasteiger partial charge in [0.05, 0.1) is 7.11 Å². The first-order valence-corrected chi connectivity index (χ1v) is 9.82. The molecule has 6 heteroatoms. The van der Waals surface area contributed by atoms with Crippen LogP contribution in [0.1, 0.15) is 41.8 Å². The fourth-order valence-electron chi connectivity index (χ4n) is 3.23. The number of fused-ring (bicyclic) bond motifs is 1. The Morgan fingerprint density at radius 1 is 1.10 bits per heavy atom. The maximum absolute atomic E-state index is 12.7. The summed E-state index contributed by atoms with van der Waals surface area (Å²) in [6, 6.07) is 12.7. The van der Waals surface area contributed by atoms with Gasteiger partial charge in [-0.1, -0.05) is 32.4 Å². The molecule has 152 valence electrons. The van der Waals surface area contributed by atoms with Gasteiger partial charge in [-0.3, -0.25) is 4.79 Å². The Morgan fingerprint density at radius 2 is 1.86 bits per heavy atom. The minimum Gasteiger partial charge on any atom is -0.496 e. The highest BCUT2D eigenvalue weighted by molar-refractivity contribution is 6.05. The van der Waals surface area contributed by atoms with Gasteiger partial charge in [-0.25, -0.2) is 4.79 Å². The van der Waals surface area contributed by atoms with Gasteiger partial charge < -0.3 is 19.8 Å². The Morgan fingerprint density at radius 3 is 2.52 bits per heavy atom. The Bertz CT molecular complexity index is 1050. The number of benzene rings is 2. The molecule has 0 atom stereocenters. The molecule has 0 saturated heterocycles. The molecule has 0 radical (unpaired) electrons. The zero-order valence-corrected chi connectivity index (χ0v) is 17.0. The van der Waals surface area contributed by atoms with Crippen molar-refractivity contribution in [3.63, 3.8) is 0 Å². The van der Waals surface area contributed by atoms with Crippen LogP contribution in [-0.2, 0) is 13.0 Å². The summed E-state index contributed by atoms with van der Waals surface area (Å²) in [6.07, 6.45) is 1.60. The predicted octanol–water partition coefficient (Wildman–Crippen LogP) is 4.12. The number of amides is 1. The molecule has 0 aliphatic carbocycles. The summed E-state index contributed by atoms with van der Waals surface area (Å²) in [4.78, 5) is 25.2. The lowest BCUT2D eigenvalue weighted by molar-refractivity contribution is 0.102. The van der Waals surface area contributed by atoms with Crippen LogP contribution in [0.2, 0.25) is 0 Å². The summed E-state index contributed by atoms with van der Waals surface area (Å²) in [7, 11) is 1.59. The van der Waals surface area contributed by atoms with E-state index in [1.807, 2.05) is 44.2 Å². The van der Waals surface area contributed by atoms with Crippen LogP contribution in [0.25, 0.3) is 11.0 Å². The van der Waals surface area contributed by atoms with Crippen LogP contribution in [0.3, 0.4) is 0 Å². The predicted molar refractivity (Wildman–Crippen MR) is 115 cm³/mol. The number of carbonyl (C=O) groups is 1. The molecule has 29 heavy (non-hydrogen) atoms. The van der Waals surface area contributed by atoms with Crippen LogP contribution in [0.15, 0.2) is 51.7 Å². The highest BCUT2D eigenvalue weighted by Crippen LogP contribution is 2.29. The second-order valence-corrected chi connectivity index (χ2v) is 6.79. The average molecular weight is 394 g/mol. The second-order valence-electron chi connectivity index (χ2n) is 6.79. The molecule has 0 fully saturated rings. The Kier molecular flexibility index (Phi) is 6.67. The number of aryl methyl sites for hydroxylation is 1. The van der Waals surface area contributed by atoms with Crippen molar-refractivity contribution < 1.29 is 13.9 Å². The van der Waals surface area contributed by atoms with Gasteiger partial charge >= 0.3 is 5.63 Å². The lowest BCUT2D eigenvalue weighted by atomic mass is 10.0. The molecule has 0 spiro atoms. The largest absolute Gasteiger partial charge is 0.496 e. The second kappa shape index (κ2) is 9.39. The maximum Gasteiger partial charge on any atom is 0.349 e. The van der Waals surface area contributed by atoms with Crippen molar-refractivity contribution in [1.29, 1.82) is 0 Å². The summed E-state index contributed by atoms with van der Waals surface area (Å²) in [6.45, 7) is 5.75. The molecule has 0 saturated carbocycles. The molecule has 1 aromatic heterocycles. The molecular formula is C23H26N2O4. The van der Waals surface area contributed by atoms with Gasteiger partial charge in [-0.05, 0) is 48.9 Å². The fraction of sp³-hybridized carbons (Fsp3) is 0.304. The van der Waals surface area contributed by atoms with Crippen molar-refractivity contribution in [2.24, 2.45) is 0 Å². The number of hydrogen-bond donors (Lipinski definition) is 2. The van der Waals surface area contributed by atoms with E-state index in [0.717, 1.165) is 30.6 Å². The molecule has 3 rings (SSSR count). The van der Waals surface area contributed by atoms with Gasteiger partial charge in [0.25, 0.3) is 5.91 Å². The van der Waals surface area contributed by atoms with E-state index in [4.69, 9.17) is 9.15 Å². The molecule has 0 aliphatic heterocycles. The number of nitrogens with one attached hydrogen (secondary N) is 2. The molecule has 3 aromatic rings. The summed E-state index contributed by atoms with van der Waals surface area (Å²) in [5, 5.41) is 6.71. The molecule has 6 nitrogen and oxygen atoms in total. The molecule has 0 aliphatic rings. The number of anilines is 1. The van der Waals surface area contributed by atoms with E-state index in [0.29, 0.717) is 28.8 Å². The quantitative estimate of drug-likeness (QED) is 0.562. The minimum absolute atomic E-state index is 0.0261. The normalized spacial score (nSPS) is 10.9. The van der Waals surface area contributed by atoms with Gasteiger partial charge in [0.1, 0.15) is 16.9 Å². The van der Waals surface area contributed by atoms with Crippen molar-refractivity contribution in [2.75, 3.05) is 19.0 Å². The Labute approximate surface area is 169 Å². The standard InChI is InChI=1S/C23H26N2O4/c1-4-6-18-20(28-3)12-9-16-13-19(23(27)29-21(16)18)22(26)25-17-10-7-15(8-11-17)14-24-5-2/h7-13,24H,4-6,14H2,1-3H3,(H,25,26). The molecule has 2 aromatic carbocycles. The first kappa shape index (κ1) is 20.6. The number of ether oxygens (including phenoxy) is 1. The third-order valence-corrected chi connectivity index (χ3v) is 4.72. The highest BCUT2D eigenvalue weighted by atomic mass is 16.5. The molecule has 0 unspecified atom stereocenters. The Balaban J connectivity index is 1.88. The van der Waals surface area contributed by atoms with Gasteiger partial charge in [0.2, 0.25) is 0 Å². The minimum atomic E-state index is -0.663. The topological polar surface area (TPSA) is 80.6 Å². The van der Waals surface area contributed by atoms with Crippen molar-refractivity contribution in [2.45, 2.75) is 33.2 Å². The van der Waals surface area contributed by atoms with E-state index in [9.17, 15) is 9.59 Å². The molecule has 2 N–H and O–H groups in total. The van der Waals surface area contributed by atoms with Crippen LogP contribution < -0.4 is 21.0 Å². The van der Waals surface area contributed by atoms with E-state index >= 15 is 0 Å². The van der Waals surface area contributed by atoms with Crippen molar-refractivity contribution in [1.82, 2.24) is 5.32 Å². The third kappa shape index (κ3) is 4.66. The first-order valence-electron chi connectivity index (χ1n) is 9.82. The van der Waals surface area contributed by atoms with Crippen LogP contribution in [0.4, 0.5) is 5.69 Å². The number of carbonyl (C=O) groups excluding carboxylic acids is 1. The summed E-state index contributed by atoms with van der Waals surface area (Å²) >= 11 is 0. The molecule has 1 heterocycles. The van der Waals surface area contributed by atoms with E-state index in [2.05, 4.69) is 10.6 Å². The zero-order valence-electron chi connectivity index (χ0n) is 17.0. The summed E-state index contributed by atoms with van der Waals surface area (Å²) in [5.41, 5.74) is 2.36. The third-order valence-electron chi connectivity index (χ3n) is 4.72. The maximum atomic E-state index is 12.7. The van der Waals surface area contributed by atoms with Crippen molar-refractivity contribution in [3.05, 3.63) is 69.6 Å². The van der Waals surface area contributed by atoms with Crippen molar-refractivity contribution in [3.8, 4) is 5.75 Å². The van der Waals surface area contributed by atoms with E-state index in [1.54, 1.807) is 19.2 Å². The monoisotopic (exact) mass is 394 g/mol. The van der Waals surface area contributed by atoms with Gasteiger partial charge in [0, 0.05) is 23.2 Å². The molecule has 0 bridgehead atoms. The van der Waals surface area contributed by atoms with Crippen LogP contribution in [0.5, 0.6) is 5.75 Å². The summed E-state index contributed by atoms with van der Waals surface area (Å²) in [5.74, 6) is 0.185. The lowest BCUT2D eigenvalue weighted by Gasteiger charge is -2.11. The lowest BCUT2D eigenvalue weighted by Crippen LogP contribution is -2.21. The number of hydrogen-bond acceptors (Lipinski definition) is 5. The first-order chi connectivity index (χ1) is 14.1. The average Bonchev–Trinajstić information content (AvgIpc) is 2.73. The van der Waals surface area contributed by atoms with E-state index in [-0.39, 0.29) is 5.56 Å². The zero-order chi connectivity index (χ0) is 20.8. The van der Waals surface area contributed by atoms with Crippen LogP contribution in [-0.4, -0.2) is 19.6 Å². The highest BCUT2D eigenvalue weighted by Gasteiger charge is 2.17. The molecular weight excluding hydrogens is 368 g/mol. The van der Waals surface area contributed by atoms with Gasteiger partial charge in [-0.15, -0.1) is 0 Å². The van der Waals surface area contributed by atoms with E-state index in [1.165, 1.54) is 0 Å². The number of methoxy groups -OCH3 is 1. The smallest absolute Gasteiger partial charge is 0.349 e. The summed E-state index contributed by atoms with van der Waals surface area (Å²) < 4.78 is 10.9. The molecule has 1 amide bonds. The van der Waals surface area contributed by atoms with E-state index < -0.39 is 11.5 Å². The van der Waals surface area contributed by atoms with Gasteiger partial charge in [-0.2, -0.15) is 0 Å². The fourth-order valence-corrected chi connectivity index (χ4v) is 3.23. The van der Waals surface area contributed by atoms with Crippen LogP contribution >= 0.6 is 0 Å². The number of rotatable bonds is 8.